The van der Waals surface area contributed by atoms with E-state index in [1.54, 1.807) is 19.2 Å². The highest BCUT2D eigenvalue weighted by Gasteiger charge is 2.51. The van der Waals surface area contributed by atoms with Crippen molar-refractivity contribution in [3.05, 3.63) is 84.4 Å². The Balaban J connectivity index is 1.17. The van der Waals surface area contributed by atoms with E-state index < -0.39 is 23.4 Å². The molecular weight excluding hydrogens is 609 g/mol. The van der Waals surface area contributed by atoms with Crippen LogP contribution in [0.4, 0.5) is 35.2 Å². The van der Waals surface area contributed by atoms with Gasteiger partial charge in [-0.2, -0.15) is 13.2 Å². The van der Waals surface area contributed by atoms with E-state index in [2.05, 4.69) is 25.8 Å². The van der Waals surface area contributed by atoms with Crippen molar-refractivity contribution < 1.29 is 32.0 Å². The molecule has 14 heteroatoms. The number of hydrogen-bond acceptors (Lipinski definition) is 9. The monoisotopic (exact) mass is 638 g/mol. The minimum Gasteiger partial charge on any atom is -0.493 e. The van der Waals surface area contributed by atoms with Crippen LogP contribution in [-0.2, 0) is 11.8 Å². The molecule has 2 aromatic heterocycles. The van der Waals surface area contributed by atoms with Crippen LogP contribution in [0.5, 0.6) is 11.5 Å². The second-order valence-corrected chi connectivity index (χ2v) is 11.5. The number of fused-ring (bicyclic) bond motifs is 1. The van der Waals surface area contributed by atoms with E-state index in [0.29, 0.717) is 41.4 Å². The minimum absolute atomic E-state index is 0.138. The summed E-state index contributed by atoms with van der Waals surface area (Å²) < 4.78 is 56.2. The lowest BCUT2D eigenvalue weighted by Gasteiger charge is -2.24. The minimum atomic E-state index is -4.54. The van der Waals surface area contributed by atoms with Gasteiger partial charge < -0.3 is 25.0 Å². The number of nitrogens with one attached hydrogen (secondary N) is 2. The van der Waals surface area contributed by atoms with Crippen LogP contribution in [0, 0.1) is 0 Å². The Morgan fingerprint density at radius 1 is 1.00 bits per heavy atom. The average molecular weight is 639 g/mol. The molecule has 0 aliphatic rings. The zero-order valence-corrected chi connectivity index (χ0v) is 25.3. The van der Waals surface area contributed by atoms with Gasteiger partial charge in [-0.15, -0.1) is 0 Å². The van der Waals surface area contributed by atoms with Crippen LogP contribution in [0.3, 0.4) is 0 Å². The highest BCUT2D eigenvalue weighted by Crippen LogP contribution is 2.41. The Bertz CT molecular complexity index is 1810. The van der Waals surface area contributed by atoms with E-state index in [1.807, 2.05) is 48.5 Å². The molecule has 0 aliphatic heterocycles. The molecule has 0 fully saturated rings. The van der Waals surface area contributed by atoms with Gasteiger partial charge in [0.15, 0.2) is 23.1 Å². The van der Waals surface area contributed by atoms with Crippen molar-refractivity contribution in [1.82, 2.24) is 15.1 Å². The lowest BCUT2D eigenvalue weighted by atomic mass is 9.89. The largest absolute Gasteiger partial charge is 0.493 e. The lowest BCUT2D eigenvalue weighted by Crippen LogP contribution is -2.35. The van der Waals surface area contributed by atoms with Crippen LogP contribution < -0.4 is 25.8 Å². The zero-order chi connectivity index (χ0) is 32.2. The fourth-order valence-electron chi connectivity index (χ4n) is 4.16. The summed E-state index contributed by atoms with van der Waals surface area (Å²) in [6.07, 6.45) is -2.48. The van der Waals surface area contributed by atoms with E-state index in [4.69, 9.17) is 19.7 Å². The van der Waals surface area contributed by atoms with Gasteiger partial charge in [0.05, 0.1) is 19.2 Å². The first-order chi connectivity index (χ1) is 21.4. The third-order valence-electron chi connectivity index (χ3n) is 6.89. The number of anilines is 3. The van der Waals surface area contributed by atoms with Crippen LogP contribution in [0.2, 0.25) is 0 Å². The predicted octanol–water partition coefficient (Wildman–Crippen LogP) is 7.47. The number of amides is 2. The molecule has 0 saturated carbocycles. The molecule has 4 N–H and O–H groups in total. The molecular formula is C31H29F3N6O4S. The highest BCUT2D eigenvalue weighted by molar-refractivity contribution is 7.99. The summed E-state index contributed by atoms with van der Waals surface area (Å²) in [7, 11) is 1.56. The van der Waals surface area contributed by atoms with Crippen molar-refractivity contribution >= 4 is 45.9 Å². The van der Waals surface area contributed by atoms with E-state index in [1.165, 1.54) is 18.1 Å². The molecule has 0 atom stereocenters. The quantitative estimate of drug-likeness (QED) is 0.105. The number of benzene rings is 3. The van der Waals surface area contributed by atoms with E-state index in [9.17, 15) is 18.0 Å². The Hall–Kier alpha value is -4.98. The van der Waals surface area contributed by atoms with Crippen LogP contribution in [0.1, 0.15) is 25.2 Å². The normalized spacial score (nSPS) is 11.8. The van der Waals surface area contributed by atoms with Gasteiger partial charge in [0, 0.05) is 40.2 Å². The van der Waals surface area contributed by atoms with Crippen LogP contribution >= 0.6 is 11.8 Å². The molecule has 2 amide bonds. The maximum Gasteiger partial charge on any atom is 0.401 e. The number of nitrogens with two attached hydrogens (primary N) is 1. The summed E-state index contributed by atoms with van der Waals surface area (Å²) in [6.45, 7) is 2.28. The Morgan fingerprint density at radius 3 is 2.49 bits per heavy atom. The summed E-state index contributed by atoms with van der Waals surface area (Å²) >= 11 is 1.48. The first-order valence-corrected chi connectivity index (χ1v) is 14.4. The summed E-state index contributed by atoms with van der Waals surface area (Å²) in [5, 5.41) is 10.1. The van der Waals surface area contributed by atoms with E-state index >= 15 is 0 Å². The number of carbonyl (C=O) groups is 1. The zero-order valence-electron chi connectivity index (χ0n) is 24.4. The topological polar surface area (TPSA) is 137 Å². The number of aromatic nitrogens is 3. The number of halogens is 3. The van der Waals surface area contributed by atoms with Crippen molar-refractivity contribution in [1.29, 1.82) is 0 Å². The number of alkyl halides is 3. The molecule has 2 heterocycles. The lowest BCUT2D eigenvalue weighted by molar-refractivity contribution is -0.185. The number of nitrogen functional groups attached to an aromatic ring is 1. The van der Waals surface area contributed by atoms with Gasteiger partial charge in [0.1, 0.15) is 16.8 Å². The van der Waals surface area contributed by atoms with Crippen LogP contribution in [0.25, 0.3) is 10.9 Å². The second kappa shape index (κ2) is 12.9. The number of ether oxygens (including phenoxy) is 2. The van der Waals surface area contributed by atoms with Gasteiger partial charge in [-0.1, -0.05) is 35.1 Å². The van der Waals surface area contributed by atoms with Crippen LogP contribution in [0.15, 0.2) is 87.5 Å². The number of rotatable bonds is 10. The molecule has 0 spiro atoms. The molecule has 3 aromatic carbocycles. The first kappa shape index (κ1) is 31.4. The number of methoxy groups -OCH3 is 1. The van der Waals surface area contributed by atoms with Crippen molar-refractivity contribution in [3.8, 4) is 11.5 Å². The number of urea groups is 1. The Kier molecular flexibility index (Phi) is 9.04. The SMILES string of the molecule is COc1cc2c(Sc3cccc(N)c3)ncnc2cc1OCCc1ccc(NC(=O)Nc2cc(C(C)(C)C(F)(F)F)on2)cc1. The summed E-state index contributed by atoms with van der Waals surface area (Å²) in [5.74, 6) is 0.525. The van der Waals surface area contributed by atoms with Gasteiger partial charge in [0.2, 0.25) is 0 Å². The van der Waals surface area contributed by atoms with Gasteiger partial charge in [0.25, 0.3) is 0 Å². The smallest absolute Gasteiger partial charge is 0.401 e. The molecule has 5 aromatic rings. The van der Waals surface area contributed by atoms with Gasteiger partial charge in [-0.05, 0) is 55.8 Å². The van der Waals surface area contributed by atoms with Crippen molar-refractivity contribution in [2.24, 2.45) is 0 Å². The third-order valence-corrected chi connectivity index (χ3v) is 7.90. The standard InChI is InChI=1S/C31H29F3N6O4S/c1-30(2,31(32,33)34)26-16-27(40-44-26)39-29(41)38-20-9-7-18(8-10-20)11-12-43-25-15-23-22(14-24(25)42-3)28(37-17-36-23)45-21-6-4-5-19(35)13-21/h4-10,13-17H,11-12,35H2,1-3H3,(H2,38,39,40,41). The summed E-state index contributed by atoms with van der Waals surface area (Å²) in [5.41, 5.74) is 6.44. The van der Waals surface area contributed by atoms with Crippen molar-refractivity contribution in [2.45, 2.75) is 41.8 Å². The Labute approximate surface area is 260 Å². The van der Waals surface area contributed by atoms with E-state index in [0.717, 1.165) is 40.8 Å². The van der Waals surface area contributed by atoms with Gasteiger partial charge >= 0.3 is 12.2 Å². The van der Waals surface area contributed by atoms with Crippen molar-refractivity contribution in [3.63, 3.8) is 0 Å². The molecule has 0 aliphatic carbocycles. The fourth-order valence-corrected chi connectivity index (χ4v) is 5.10. The maximum absolute atomic E-state index is 13.2. The third kappa shape index (κ3) is 7.40. The van der Waals surface area contributed by atoms with E-state index in [-0.39, 0.29) is 5.82 Å². The summed E-state index contributed by atoms with van der Waals surface area (Å²) in [4.78, 5) is 22.2. The molecule has 0 bridgehead atoms. The highest BCUT2D eigenvalue weighted by atomic mass is 32.2. The first-order valence-electron chi connectivity index (χ1n) is 13.6. The molecule has 0 radical (unpaired) electrons. The average Bonchev–Trinajstić information content (AvgIpc) is 3.46. The predicted molar refractivity (Wildman–Crippen MR) is 165 cm³/mol. The number of hydrogen-bond donors (Lipinski definition) is 3. The number of carbonyl (C=O) groups excluding carboxylic acids is 1. The molecule has 45 heavy (non-hydrogen) atoms. The number of nitrogens with zero attached hydrogens (tertiary/aromatic N) is 3. The Morgan fingerprint density at radius 2 is 1.78 bits per heavy atom. The maximum atomic E-state index is 13.2. The molecule has 10 nitrogen and oxygen atoms in total. The molecule has 0 unspecified atom stereocenters. The van der Waals surface area contributed by atoms with Crippen LogP contribution in [-0.4, -0.2) is 41.0 Å². The van der Waals surface area contributed by atoms with Gasteiger partial charge in [-0.3, -0.25) is 5.32 Å². The van der Waals surface area contributed by atoms with Crippen molar-refractivity contribution in [2.75, 3.05) is 30.1 Å². The fraction of sp³-hybridized carbons (Fsp3) is 0.226. The summed E-state index contributed by atoms with van der Waals surface area (Å²) in [6, 6.07) is 18.6. The molecule has 0 saturated heterocycles. The second-order valence-electron chi connectivity index (χ2n) is 10.4. The molecule has 5 rings (SSSR count). The van der Waals surface area contributed by atoms with Gasteiger partial charge in [-0.25, -0.2) is 14.8 Å². The molecule has 234 valence electrons.